The maximum absolute atomic E-state index is 5.17. The normalized spacial score (nSPS) is 25.2. The Kier molecular flexibility index (Phi) is 5.25. The third kappa shape index (κ3) is 3.72. The van der Waals surface area contributed by atoms with Crippen LogP contribution >= 0.6 is 0 Å². The van der Waals surface area contributed by atoms with Gasteiger partial charge < -0.3 is 14.6 Å². The van der Waals surface area contributed by atoms with Gasteiger partial charge in [-0.2, -0.15) is 0 Å². The number of nitrogens with zero attached hydrogens (tertiary/aromatic N) is 2. The van der Waals surface area contributed by atoms with Gasteiger partial charge in [0.2, 0.25) is 5.95 Å². The minimum absolute atomic E-state index is 0.289. The average Bonchev–Trinajstić information content (AvgIpc) is 2.87. The highest BCUT2D eigenvalue weighted by Gasteiger charge is 2.23. The smallest absolute Gasteiger partial charge is 0.203 e. The van der Waals surface area contributed by atoms with Gasteiger partial charge in [-0.15, -0.1) is 0 Å². The van der Waals surface area contributed by atoms with Gasteiger partial charge in [0.15, 0.2) is 0 Å². The molecule has 0 aromatic carbocycles. The number of hydrogen-bond donors (Lipinski definition) is 1. The van der Waals surface area contributed by atoms with Gasteiger partial charge in [0.25, 0.3) is 0 Å². The van der Waals surface area contributed by atoms with Crippen LogP contribution < -0.4 is 5.32 Å². The van der Waals surface area contributed by atoms with E-state index >= 15 is 0 Å². The summed E-state index contributed by atoms with van der Waals surface area (Å²) in [6.45, 7) is 5.13. The van der Waals surface area contributed by atoms with E-state index in [0.29, 0.717) is 12.6 Å². The van der Waals surface area contributed by atoms with E-state index < -0.39 is 0 Å². The fourth-order valence-corrected chi connectivity index (χ4v) is 3.12. The van der Waals surface area contributed by atoms with Gasteiger partial charge in [-0.1, -0.05) is 26.2 Å². The molecule has 1 aliphatic carbocycles. The Hall–Kier alpha value is -1.03. The average molecular weight is 265 g/mol. The molecule has 2 rings (SSSR count). The molecule has 3 unspecified atom stereocenters. The van der Waals surface area contributed by atoms with Crippen molar-refractivity contribution in [3.8, 4) is 0 Å². The Morgan fingerprint density at radius 3 is 3.11 bits per heavy atom. The van der Waals surface area contributed by atoms with Crippen LogP contribution in [-0.4, -0.2) is 29.3 Å². The van der Waals surface area contributed by atoms with Gasteiger partial charge in [0.1, 0.15) is 0 Å². The molecule has 0 spiro atoms. The summed E-state index contributed by atoms with van der Waals surface area (Å²) in [6.07, 6.45) is 10.6. The number of rotatable bonds is 6. The topological polar surface area (TPSA) is 39.1 Å². The molecule has 4 nitrogen and oxygen atoms in total. The summed E-state index contributed by atoms with van der Waals surface area (Å²) < 4.78 is 7.50. The second-order valence-corrected chi connectivity index (χ2v) is 5.75. The molecule has 1 fully saturated rings. The molecule has 0 aliphatic heterocycles. The molecule has 0 radical (unpaired) electrons. The van der Waals surface area contributed by atoms with E-state index in [1.54, 1.807) is 7.11 Å². The highest BCUT2D eigenvalue weighted by Crippen LogP contribution is 2.35. The Morgan fingerprint density at radius 1 is 1.53 bits per heavy atom. The number of methoxy groups -OCH3 is 1. The maximum atomic E-state index is 5.17. The molecular formula is C15H27N3O. The minimum Gasteiger partial charge on any atom is -0.383 e. The van der Waals surface area contributed by atoms with E-state index in [-0.39, 0.29) is 6.04 Å². The van der Waals surface area contributed by atoms with Crippen molar-refractivity contribution >= 4 is 5.95 Å². The first-order valence-electron chi connectivity index (χ1n) is 7.52. The van der Waals surface area contributed by atoms with Gasteiger partial charge >= 0.3 is 0 Å². The van der Waals surface area contributed by atoms with Gasteiger partial charge in [-0.3, -0.25) is 0 Å². The van der Waals surface area contributed by atoms with E-state index in [0.717, 1.165) is 11.9 Å². The molecular weight excluding hydrogens is 238 g/mol. The van der Waals surface area contributed by atoms with Crippen molar-refractivity contribution < 1.29 is 4.74 Å². The zero-order valence-electron chi connectivity index (χ0n) is 12.4. The molecule has 0 saturated heterocycles. The lowest BCUT2D eigenvalue weighted by atomic mass is 9.84. The molecule has 1 saturated carbocycles. The quantitative estimate of drug-likeness (QED) is 0.856. The third-order valence-corrected chi connectivity index (χ3v) is 4.19. The minimum atomic E-state index is 0.289. The van der Waals surface area contributed by atoms with Gasteiger partial charge in [0, 0.05) is 31.6 Å². The van der Waals surface area contributed by atoms with Gasteiger partial charge in [0.05, 0.1) is 6.61 Å². The molecule has 3 atom stereocenters. The molecule has 0 amide bonds. The summed E-state index contributed by atoms with van der Waals surface area (Å²) in [7, 11) is 1.73. The van der Waals surface area contributed by atoms with Crippen LogP contribution in [0.2, 0.25) is 0 Å². The molecule has 1 aliphatic rings. The largest absolute Gasteiger partial charge is 0.383 e. The number of anilines is 1. The van der Waals surface area contributed by atoms with Crippen LogP contribution in [0.5, 0.6) is 0 Å². The van der Waals surface area contributed by atoms with Crippen molar-refractivity contribution in [1.82, 2.24) is 9.55 Å². The molecule has 1 heterocycles. The number of aromatic nitrogens is 2. The predicted octanol–water partition coefficient (Wildman–Crippen LogP) is 3.47. The maximum Gasteiger partial charge on any atom is 0.203 e. The molecule has 1 N–H and O–H groups in total. The van der Waals surface area contributed by atoms with Gasteiger partial charge in [-0.05, 0) is 25.7 Å². The van der Waals surface area contributed by atoms with Crippen LogP contribution in [0.3, 0.4) is 0 Å². The Labute approximate surface area is 116 Å². The fourth-order valence-electron chi connectivity index (χ4n) is 3.12. The number of hydrogen-bond acceptors (Lipinski definition) is 3. The Balaban J connectivity index is 2.02. The molecule has 4 heteroatoms. The lowest BCUT2D eigenvalue weighted by Gasteiger charge is -2.30. The first-order chi connectivity index (χ1) is 9.24. The van der Waals surface area contributed by atoms with E-state index in [9.17, 15) is 0 Å². The van der Waals surface area contributed by atoms with Crippen LogP contribution in [0.4, 0.5) is 5.95 Å². The summed E-state index contributed by atoms with van der Waals surface area (Å²) in [5.74, 6) is 1.87. The van der Waals surface area contributed by atoms with Crippen LogP contribution in [0, 0.1) is 5.92 Å². The Bertz CT molecular complexity index is 377. The highest BCUT2D eigenvalue weighted by atomic mass is 16.5. The first-order valence-corrected chi connectivity index (χ1v) is 7.52. The van der Waals surface area contributed by atoms with Crippen molar-refractivity contribution in [2.24, 2.45) is 5.92 Å². The van der Waals surface area contributed by atoms with E-state index in [4.69, 9.17) is 4.74 Å². The van der Waals surface area contributed by atoms with E-state index in [1.807, 2.05) is 6.20 Å². The second-order valence-electron chi connectivity index (χ2n) is 5.75. The van der Waals surface area contributed by atoms with Crippen molar-refractivity contribution in [2.75, 3.05) is 19.0 Å². The highest BCUT2D eigenvalue weighted by molar-refractivity contribution is 5.28. The summed E-state index contributed by atoms with van der Waals surface area (Å²) in [4.78, 5) is 4.46. The monoisotopic (exact) mass is 265 g/mol. The van der Waals surface area contributed by atoms with E-state index in [2.05, 4.69) is 34.9 Å². The Morgan fingerprint density at radius 2 is 2.37 bits per heavy atom. The van der Waals surface area contributed by atoms with Crippen LogP contribution in [0.15, 0.2) is 12.4 Å². The zero-order chi connectivity index (χ0) is 13.7. The molecule has 0 bridgehead atoms. The lowest BCUT2D eigenvalue weighted by molar-refractivity contribution is 0.189. The van der Waals surface area contributed by atoms with Crippen molar-refractivity contribution in [3.05, 3.63) is 12.4 Å². The van der Waals surface area contributed by atoms with Crippen molar-refractivity contribution in [1.29, 1.82) is 0 Å². The van der Waals surface area contributed by atoms with Crippen LogP contribution in [-0.2, 0) is 4.74 Å². The summed E-state index contributed by atoms with van der Waals surface area (Å²) >= 11 is 0. The number of nitrogens with one attached hydrogen (secondary N) is 1. The predicted molar refractivity (Wildman–Crippen MR) is 78.5 cm³/mol. The fraction of sp³-hybridized carbons (Fsp3) is 0.800. The standard InChI is InChI=1S/C15H27N3O/c1-4-13-6-5-7-14(10-13)18-9-8-16-15(18)17-12(2)11-19-3/h8-9,12-14H,4-7,10-11H2,1-3H3,(H,16,17). The summed E-state index contributed by atoms with van der Waals surface area (Å²) in [5.41, 5.74) is 0. The second kappa shape index (κ2) is 6.94. The molecule has 1 aromatic rings. The lowest BCUT2D eigenvalue weighted by Crippen LogP contribution is -2.25. The zero-order valence-corrected chi connectivity index (χ0v) is 12.4. The van der Waals surface area contributed by atoms with Crippen molar-refractivity contribution in [3.63, 3.8) is 0 Å². The number of ether oxygens (including phenoxy) is 1. The number of imidazole rings is 1. The first kappa shape index (κ1) is 14.4. The van der Waals surface area contributed by atoms with Crippen LogP contribution in [0.25, 0.3) is 0 Å². The third-order valence-electron chi connectivity index (χ3n) is 4.19. The van der Waals surface area contributed by atoms with Gasteiger partial charge in [-0.25, -0.2) is 4.98 Å². The molecule has 19 heavy (non-hydrogen) atoms. The molecule has 108 valence electrons. The van der Waals surface area contributed by atoms with E-state index in [1.165, 1.54) is 32.1 Å². The molecule has 1 aromatic heterocycles. The SMILES string of the molecule is CCC1CCCC(n2ccnc2NC(C)COC)C1. The van der Waals surface area contributed by atoms with Crippen molar-refractivity contribution in [2.45, 2.75) is 58.0 Å². The van der Waals surface area contributed by atoms with Crippen LogP contribution in [0.1, 0.15) is 52.0 Å². The summed E-state index contributed by atoms with van der Waals surface area (Å²) in [6, 6.07) is 0.898. The summed E-state index contributed by atoms with van der Waals surface area (Å²) in [5, 5.41) is 3.45.